The number of ether oxygens (including phenoxy) is 1. The lowest BCUT2D eigenvalue weighted by molar-refractivity contribution is -0.0504. The molecule has 0 bridgehead atoms. The third kappa shape index (κ3) is 4.37. The molecular formula is C13H23NO2. The SMILES string of the molecule is CCCNCC(C)(CC)OCc1ccco1. The van der Waals surface area contributed by atoms with Crippen molar-refractivity contribution < 1.29 is 9.15 Å². The zero-order valence-corrected chi connectivity index (χ0v) is 10.6. The van der Waals surface area contributed by atoms with Gasteiger partial charge in [0.15, 0.2) is 0 Å². The van der Waals surface area contributed by atoms with E-state index in [1.165, 1.54) is 0 Å². The molecule has 0 aliphatic rings. The summed E-state index contributed by atoms with van der Waals surface area (Å²) >= 11 is 0. The highest BCUT2D eigenvalue weighted by atomic mass is 16.5. The molecular weight excluding hydrogens is 202 g/mol. The molecule has 1 atom stereocenters. The molecule has 92 valence electrons. The summed E-state index contributed by atoms with van der Waals surface area (Å²) in [7, 11) is 0. The Morgan fingerprint density at radius 2 is 2.25 bits per heavy atom. The largest absolute Gasteiger partial charge is 0.467 e. The van der Waals surface area contributed by atoms with Crippen molar-refractivity contribution in [1.82, 2.24) is 5.32 Å². The lowest BCUT2D eigenvalue weighted by Gasteiger charge is -2.28. The van der Waals surface area contributed by atoms with Crippen LogP contribution in [0.5, 0.6) is 0 Å². The molecule has 1 heterocycles. The van der Waals surface area contributed by atoms with Crippen LogP contribution in [0.25, 0.3) is 0 Å². The van der Waals surface area contributed by atoms with Crippen LogP contribution in [-0.4, -0.2) is 18.7 Å². The maximum absolute atomic E-state index is 5.91. The van der Waals surface area contributed by atoms with Crippen molar-refractivity contribution >= 4 is 0 Å². The number of hydrogen-bond donors (Lipinski definition) is 1. The normalized spacial score (nSPS) is 14.9. The molecule has 0 radical (unpaired) electrons. The molecule has 1 aromatic heterocycles. The lowest BCUT2D eigenvalue weighted by atomic mass is 10.0. The molecule has 0 saturated carbocycles. The van der Waals surface area contributed by atoms with E-state index in [0.717, 1.165) is 31.7 Å². The van der Waals surface area contributed by atoms with Crippen LogP contribution in [0, 0.1) is 0 Å². The van der Waals surface area contributed by atoms with Crippen LogP contribution >= 0.6 is 0 Å². The van der Waals surface area contributed by atoms with Crippen LogP contribution in [0.1, 0.15) is 39.4 Å². The van der Waals surface area contributed by atoms with E-state index in [1.54, 1.807) is 6.26 Å². The third-order valence-electron chi connectivity index (χ3n) is 2.82. The molecule has 0 saturated heterocycles. The minimum absolute atomic E-state index is 0.109. The molecule has 1 N–H and O–H groups in total. The van der Waals surface area contributed by atoms with E-state index in [1.807, 2.05) is 12.1 Å². The van der Waals surface area contributed by atoms with E-state index in [-0.39, 0.29) is 5.60 Å². The highest BCUT2D eigenvalue weighted by Gasteiger charge is 2.22. The fourth-order valence-corrected chi connectivity index (χ4v) is 1.45. The predicted octanol–water partition coefficient (Wildman–Crippen LogP) is 2.96. The summed E-state index contributed by atoms with van der Waals surface area (Å²) in [4.78, 5) is 0. The summed E-state index contributed by atoms with van der Waals surface area (Å²) in [6.45, 7) is 8.93. The van der Waals surface area contributed by atoms with Gasteiger partial charge in [-0.3, -0.25) is 0 Å². The first-order chi connectivity index (χ1) is 7.70. The smallest absolute Gasteiger partial charge is 0.129 e. The minimum Gasteiger partial charge on any atom is -0.467 e. The van der Waals surface area contributed by atoms with E-state index in [9.17, 15) is 0 Å². The van der Waals surface area contributed by atoms with Gasteiger partial charge in [-0.15, -0.1) is 0 Å². The van der Waals surface area contributed by atoms with Crippen LogP contribution < -0.4 is 5.32 Å². The van der Waals surface area contributed by atoms with Crippen LogP contribution in [0.2, 0.25) is 0 Å². The first-order valence-corrected chi connectivity index (χ1v) is 6.07. The molecule has 0 spiro atoms. The fraction of sp³-hybridized carbons (Fsp3) is 0.692. The van der Waals surface area contributed by atoms with Gasteiger partial charge in [0.05, 0.1) is 11.9 Å². The number of rotatable bonds is 8. The van der Waals surface area contributed by atoms with Crippen molar-refractivity contribution in [3.63, 3.8) is 0 Å². The van der Waals surface area contributed by atoms with E-state index >= 15 is 0 Å². The topological polar surface area (TPSA) is 34.4 Å². The molecule has 0 aromatic carbocycles. The molecule has 3 nitrogen and oxygen atoms in total. The number of nitrogens with one attached hydrogen (secondary N) is 1. The molecule has 1 rings (SSSR count). The zero-order chi connectivity index (χ0) is 11.9. The Morgan fingerprint density at radius 1 is 1.44 bits per heavy atom. The Labute approximate surface area is 98.2 Å². The molecule has 1 aromatic rings. The number of hydrogen-bond acceptors (Lipinski definition) is 3. The monoisotopic (exact) mass is 225 g/mol. The molecule has 0 amide bonds. The molecule has 0 fully saturated rings. The first-order valence-electron chi connectivity index (χ1n) is 6.07. The summed E-state index contributed by atoms with van der Waals surface area (Å²) < 4.78 is 11.2. The second-order valence-electron chi connectivity index (χ2n) is 4.35. The fourth-order valence-electron chi connectivity index (χ4n) is 1.45. The van der Waals surface area contributed by atoms with Crippen molar-refractivity contribution in [2.24, 2.45) is 0 Å². The van der Waals surface area contributed by atoms with Crippen LogP contribution in [0.4, 0.5) is 0 Å². The van der Waals surface area contributed by atoms with Crippen LogP contribution in [0.3, 0.4) is 0 Å². The van der Waals surface area contributed by atoms with E-state index in [0.29, 0.717) is 6.61 Å². The number of furan rings is 1. The molecule has 16 heavy (non-hydrogen) atoms. The van der Waals surface area contributed by atoms with Crippen LogP contribution in [0.15, 0.2) is 22.8 Å². The van der Waals surface area contributed by atoms with E-state index < -0.39 is 0 Å². The van der Waals surface area contributed by atoms with Crippen molar-refractivity contribution in [2.45, 2.75) is 45.8 Å². The van der Waals surface area contributed by atoms with Crippen LogP contribution in [-0.2, 0) is 11.3 Å². The van der Waals surface area contributed by atoms with Gasteiger partial charge < -0.3 is 14.5 Å². The Morgan fingerprint density at radius 3 is 2.81 bits per heavy atom. The standard InChI is InChI=1S/C13H23NO2/c1-4-8-14-11-13(3,5-2)16-10-12-7-6-9-15-12/h6-7,9,14H,4-5,8,10-11H2,1-3H3. The van der Waals surface area contributed by atoms with Crippen molar-refractivity contribution in [3.05, 3.63) is 24.2 Å². The quantitative estimate of drug-likeness (QED) is 0.691. The average molecular weight is 225 g/mol. The van der Waals surface area contributed by atoms with Gasteiger partial charge in [-0.05, 0) is 38.4 Å². The Kier molecular flexibility index (Phi) is 5.56. The highest BCUT2D eigenvalue weighted by Crippen LogP contribution is 2.17. The minimum atomic E-state index is -0.109. The van der Waals surface area contributed by atoms with Gasteiger partial charge in [0.25, 0.3) is 0 Å². The Bertz CT molecular complexity index is 271. The Hall–Kier alpha value is -0.800. The lowest BCUT2D eigenvalue weighted by Crippen LogP contribution is -2.40. The zero-order valence-electron chi connectivity index (χ0n) is 10.6. The van der Waals surface area contributed by atoms with Crippen molar-refractivity contribution in [1.29, 1.82) is 0 Å². The second-order valence-corrected chi connectivity index (χ2v) is 4.35. The average Bonchev–Trinajstić information content (AvgIpc) is 2.80. The van der Waals surface area contributed by atoms with Gasteiger partial charge in [0, 0.05) is 6.54 Å². The maximum Gasteiger partial charge on any atom is 0.129 e. The van der Waals surface area contributed by atoms with Gasteiger partial charge >= 0.3 is 0 Å². The summed E-state index contributed by atoms with van der Waals surface area (Å²) in [5.74, 6) is 0.884. The molecule has 0 aliphatic heterocycles. The predicted molar refractivity (Wildman–Crippen MR) is 65.4 cm³/mol. The first kappa shape index (κ1) is 13.3. The van der Waals surface area contributed by atoms with Crippen molar-refractivity contribution in [2.75, 3.05) is 13.1 Å². The van der Waals surface area contributed by atoms with E-state index in [2.05, 4.69) is 26.1 Å². The Balaban J connectivity index is 2.34. The summed E-state index contributed by atoms with van der Waals surface area (Å²) in [6.07, 6.45) is 3.82. The summed E-state index contributed by atoms with van der Waals surface area (Å²) in [5, 5.41) is 3.40. The van der Waals surface area contributed by atoms with Gasteiger partial charge in [0.2, 0.25) is 0 Å². The second kappa shape index (κ2) is 6.71. The summed E-state index contributed by atoms with van der Waals surface area (Å²) in [6, 6.07) is 3.83. The molecule has 1 unspecified atom stereocenters. The highest BCUT2D eigenvalue weighted by molar-refractivity contribution is 4.96. The summed E-state index contributed by atoms with van der Waals surface area (Å²) in [5.41, 5.74) is -0.109. The van der Waals surface area contributed by atoms with Gasteiger partial charge in [-0.25, -0.2) is 0 Å². The molecule has 0 aliphatic carbocycles. The van der Waals surface area contributed by atoms with Gasteiger partial charge in [-0.2, -0.15) is 0 Å². The molecule has 3 heteroatoms. The van der Waals surface area contributed by atoms with Gasteiger partial charge in [0.1, 0.15) is 12.4 Å². The van der Waals surface area contributed by atoms with E-state index in [4.69, 9.17) is 9.15 Å². The maximum atomic E-state index is 5.91. The van der Waals surface area contributed by atoms with Gasteiger partial charge in [-0.1, -0.05) is 13.8 Å². The third-order valence-corrected chi connectivity index (χ3v) is 2.82. The van der Waals surface area contributed by atoms with Crippen molar-refractivity contribution in [3.8, 4) is 0 Å².